The van der Waals surface area contributed by atoms with Gasteiger partial charge in [-0.25, -0.2) is 4.98 Å². The first kappa shape index (κ1) is 18.5. The van der Waals surface area contributed by atoms with Crippen LogP contribution in [-0.2, 0) is 4.79 Å². The highest BCUT2D eigenvalue weighted by molar-refractivity contribution is 7.14. The molecule has 1 amide bonds. The van der Waals surface area contributed by atoms with E-state index in [9.17, 15) is 4.79 Å². The largest absolute Gasteiger partial charge is 0.483 e. The molecule has 1 heterocycles. The number of amides is 1. The van der Waals surface area contributed by atoms with E-state index in [0.717, 1.165) is 27.6 Å². The van der Waals surface area contributed by atoms with Gasteiger partial charge in [0.15, 0.2) is 11.7 Å². The van der Waals surface area contributed by atoms with E-state index in [1.165, 1.54) is 11.3 Å². The quantitative estimate of drug-likeness (QED) is 0.444. The number of carbonyl (C=O) groups excluding carboxylic acids is 1. The molecule has 3 aromatic carbocycles. The van der Waals surface area contributed by atoms with Gasteiger partial charge in [0.25, 0.3) is 5.91 Å². The number of nitrogens with one attached hydrogen (secondary N) is 1. The number of aromatic nitrogens is 1. The Hall–Kier alpha value is -2.89. The third-order valence-corrected chi connectivity index (χ3v) is 5.30. The van der Waals surface area contributed by atoms with Crippen LogP contribution in [0.3, 0.4) is 0 Å². The van der Waals surface area contributed by atoms with Gasteiger partial charge in [-0.2, -0.15) is 0 Å². The van der Waals surface area contributed by atoms with E-state index in [-0.39, 0.29) is 12.5 Å². The number of nitrogens with zero attached hydrogens (tertiary/aromatic N) is 1. The zero-order chi connectivity index (χ0) is 19.5. The molecule has 1 N–H and O–H groups in total. The molecule has 1 aromatic heterocycles. The van der Waals surface area contributed by atoms with Crippen molar-refractivity contribution >= 4 is 44.7 Å². The maximum absolute atomic E-state index is 12.2. The summed E-state index contributed by atoms with van der Waals surface area (Å²) >= 11 is 7.33. The molecule has 0 bridgehead atoms. The van der Waals surface area contributed by atoms with E-state index in [0.29, 0.717) is 15.9 Å². The fourth-order valence-electron chi connectivity index (χ4n) is 2.98. The highest BCUT2D eigenvalue weighted by Crippen LogP contribution is 2.31. The topological polar surface area (TPSA) is 51.2 Å². The van der Waals surface area contributed by atoms with Gasteiger partial charge in [0.05, 0.1) is 5.69 Å². The van der Waals surface area contributed by atoms with Crippen molar-refractivity contribution in [3.05, 3.63) is 76.6 Å². The van der Waals surface area contributed by atoms with Crippen LogP contribution in [0.4, 0.5) is 5.13 Å². The van der Waals surface area contributed by atoms with Gasteiger partial charge in [0.2, 0.25) is 0 Å². The molecule has 0 radical (unpaired) electrons. The molecule has 6 heteroatoms. The van der Waals surface area contributed by atoms with Crippen LogP contribution in [0.25, 0.3) is 22.0 Å². The maximum atomic E-state index is 12.2. The molecule has 4 nitrogen and oxygen atoms in total. The second kappa shape index (κ2) is 8.00. The summed E-state index contributed by atoms with van der Waals surface area (Å²) in [4.78, 5) is 16.8. The predicted octanol–water partition coefficient (Wildman–Crippen LogP) is 5.94. The van der Waals surface area contributed by atoms with Crippen LogP contribution < -0.4 is 10.1 Å². The number of aryl methyl sites for hydroxylation is 1. The molecule has 28 heavy (non-hydrogen) atoms. The van der Waals surface area contributed by atoms with Crippen molar-refractivity contribution in [1.29, 1.82) is 0 Å². The first-order valence-electron chi connectivity index (χ1n) is 8.72. The molecule has 0 atom stereocenters. The number of benzene rings is 3. The van der Waals surface area contributed by atoms with Crippen LogP contribution in [0.5, 0.6) is 5.75 Å². The Bertz CT molecular complexity index is 1150. The highest BCUT2D eigenvalue weighted by Gasteiger charge is 2.11. The van der Waals surface area contributed by atoms with Crippen molar-refractivity contribution in [3.8, 4) is 17.0 Å². The SMILES string of the molecule is Cc1cc(Cl)ccc1OCC(=O)Nc1nc(-c2cccc3ccccc23)cs1. The van der Waals surface area contributed by atoms with Crippen molar-refractivity contribution in [3.63, 3.8) is 0 Å². The van der Waals surface area contributed by atoms with Gasteiger partial charge in [0.1, 0.15) is 5.75 Å². The standard InChI is InChI=1S/C22H17ClN2O2S/c1-14-11-16(23)9-10-20(14)27-12-21(26)25-22-24-19(13-28-22)18-8-4-6-15-5-2-3-7-17(15)18/h2-11,13H,12H2,1H3,(H,24,25,26). The third kappa shape index (κ3) is 4.01. The fourth-order valence-corrected chi connectivity index (χ4v) is 3.93. The summed E-state index contributed by atoms with van der Waals surface area (Å²) < 4.78 is 5.58. The van der Waals surface area contributed by atoms with Crippen molar-refractivity contribution in [2.45, 2.75) is 6.92 Å². The normalized spacial score (nSPS) is 10.8. The Morgan fingerprint density at radius 2 is 1.96 bits per heavy atom. The van der Waals surface area contributed by atoms with Gasteiger partial charge in [-0.15, -0.1) is 11.3 Å². The summed E-state index contributed by atoms with van der Waals surface area (Å²) in [5, 5.41) is 8.22. The average molecular weight is 409 g/mol. The third-order valence-electron chi connectivity index (χ3n) is 4.31. The smallest absolute Gasteiger partial charge is 0.264 e. The van der Waals surface area contributed by atoms with Crippen LogP contribution in [0.2, 0.25) is 5.02 Å². The molecule has 0 aliphatic rings. The summed E-state index contributed by atoms with van der Waals surface area (Å²) in [5.41, 5.74) is 2.77. The number of hydrogen-bond donors (Lipinski definition) is 1. The molecular formula is C22H17ClN2O2S. The van der Waals surface area contributed by atoms with Crippen LogP contribution in [0.1, 0.15) is 5.56 Å². The van der Waals surface area contributed by atoms with Gasteiger partial charge in [-0.05, 0) is 41.5 Å². The molecule has 4 rings (SSSR count). The Labute approximate surface area is 171 Å². The van der Waals surface area contributed by atoms with Gasteiger partial charge in [-0.3, -0.25) is 10.1 Å². The van der Waals surface area contributed by atoms with Crippen LogP contribution in [0.15, 0.2) is 66.0 Å². The van der Waals surface area contributed by atoms with E-state index >= 15 is 0 Å². The van der Waals surface area contributed by atoms with Crippen LogP contribution in [-0.4, -0.2) is 17.5 Å². The molecule has 140 valence electrons. The average Bonchev–Trinajstić information content (AvgIpc) is 3.15. The lowest BCUT2D eigenvalue weighted by Crippen LogP contribution is -2.20. The number of fused-ring (bicyclic) bond motifs is 1. The van der Waals surface area contributed by atoms with Gasteiger partial charge in [0, 0.05) is 16.0 Å². The second-order valence-electron chi connectivity index (χ2n) is 6.31. The predicted molar refractivity (Wildman–Crippen MR) is 115 cm³/mol. The Morgan fingerprint density at radius 1 is 1.14 bits per heavy atom. The number of halogens is 1. The molecule has 0 fully saturated rings. The molecule has 4 aromatic rings. The molecule has 0 aliphatic carbocycles. The summed E-state index contributed by atoms with van der Waals surface area (Å²) in [6, 6.07) is 19.6. The second-order valence-corrected chi connectivity index (χ2v) is 7.61. The van der Waals surface area contributed by atoms with E-state index < -0.39 is 0 Å². The summed E-state index contributed by atoms with van der Waals surface area (Å²) in [6.07, 6.45) is 0. The van der Waals surface area contributed by atoms with Crippen molar-refractivity contribution in [1.82, 2.24) is 4.98 Å². The summed E-state index contributed by atoms with van der Waals surface area (Å²) in [7, 11) is 0. The number of anilines is 1. The Balaban J connectivity index is 1.45. The zero-order valence-corrected chi connectivity index (χ0v) is 16.7. The molecular weight excluding hydrogens is 392 g/mol. The van der Waals surface area contributed by atoms with Crippen molar-refractivity contribution in [2.24, 2.45) is 0 Å². The minimum atomic E-state index is -0.256. The lowest BCUT2D eigenvalue weighted by atomic mass is 10.0. The molecule has 0 saturated carbocycles. The highest BCUT2D eigenvalue weighted by atomic mass is 35.5. The maximum Gasteiger partial charge on any atom is 0.264 e. The van der Waals surface area contributed by atoms with Crippen molar-refractivity contribution < 1.29 is 9.53 Å². The Morgan fingerprint density at radius 3 is 2.82 bits per heavy atom. The molecule has 0 unspecified atom stereocenters. The lowest BCUT2D eigenvalue weighted by Gasteiger charge is -2.08. The Kier molecular flexibility index (Phi) is 5.28. The van der Waals surface area contributed by atoms with Gasteiger partial charge in [-0.1, -0.05) is 54.1 Å². The molecule has 0 spiro atoms. The number of hydrogen-bond acceptors (Lipinski definition) is 4. The first-order chi connectivity index (χ1) is 13.6. The summed E-state index contributed by atoms with van der Waals surface area (Å²) in [5.74, 6) is 0.378. The first-order valence-corrected chi connectivity index (χ1v) is 9.98. The van der Waals surface area contributed by atoms with Crippen molar-refractivity contribution in [2.75, 3.05) is 11.9 Å². The van der Waals surface area contributed by atoms with Gasteiger partial charge < -0.3 is 4.74 Å². The van der Waals surface area contributed by atoms with Crippen LogP contribution >= 0.6 is 22.9 Å². The monoisotopic (exact) mass is 408 g/mol. The minimum absolute atomic E-state index is 0.0916. The molecule has 0 saturated heterocycles. The zero-order valence-electron chi connectivity index (χ0n) is 15.1. The van der Waals surface area contributed by atoms with E-state index in [1.54, 1.807) is 18.2 Å². The van der Waals surface area contributed by atoms with E-state index in [1.807, 2.05) is 36.6 Å². The van der Waals surface area contributed by atoms with Gasteiger partial charge >= 0.3 is 0 Å². The fraction of sp³-hybridized carbons (Fsp3) is 0.0909. The number of rotatable bonds is 5. The van der Waals surface area contributed by atoms with E-state index in [2.05, 4.69) is 28.5 Å². The number of carbonyl (C=O) groups is 1. The number of thiazole rings is 1. The number of ether oxygens (including phenoxy) is 1. The lowest BCUT2D eigenvalue weighted by molar-refractivity contribution is -0.118. The minimum Gasteiger partial charge on any atom is -0.483 e. The molecule has 0 aliphatic heterocycles. The van der Waals surface area contributed by atoms with Crippen LogP contribution in [0, 0.1) is 6.92 Å². The van der Waals surface area contributed by atoms with E-state index in [4.69, 9.17) is 16.3 Å². The summed E-state index contributed by atoms with van der Waals surface area (Å²) in [6.45, 7) is 1.79.